The molecular formula is C26H37N3OS. The van der Waals surface area contributed by atoms with Gasteiger partial charge in [0, 0.05) is 41.5 Å². The summed E-state index contributed by atoms with van der Waals surface area (Å²) >= 11 is 2.12. The van der Waals surface area contributed by atoms with Gasteiger partial charge in [-0.1, -0.05) is 18.6 Å². The van der Waals surface area contributed by atoms with Gasteiger partial charge in [0.15, 0.2) is 0 Å². The van der Waals surface area contributed by atoms with Gasteiger partial charge in [0.05, 0.1) is 5.52 Å². The Morgan fingerprint density at radius 3 is 2.90 bits per heavy atom. The van der Waals surface area contributed by atoms with Crippen molar-refractivity contribution in [3.8, 4) is 0 Å². The molecule has 5 heteroatoms. The lowest BCUT2D eigenvalue weighted by Gasteiger charge is -2.22. The molecule has 1 aliphatic carbocycles. The highest BCUT2D eigenvalue weighted by atomic mass is 32.2. The molecule has 1 fully saturated rings. The van der Waals surface area contributed by atoms with Gasteiger partial charge in [-0.25, -0.2) is 0 Å². The predicted molar refractivity (Wildman–Crippen MR) is 133 cm³/mol. The summed E-state index contributed by atoms with van der Waals surface area (Å²) in [5.41, 5.74) is 6.32. The number of hydrogen-bond donors (Lipinski definition) is 2. The van der Waals surface area contributed by atoms with Crippen molar-refractivity contribution in [2.75, 3.05) is 24.2 Å². The maximum atomic E-state index is 12.1. The third-order valence-electron chi connectivity index (χ3n) is 6.60. The van der Waals surface area contributed by atoms with Crippen molar-refractivity contribution >= 4 is 34.3 Å². The number of carbonyl (C=O) groups is 1. The molecule has 1 atom stereocenters. The number of pyridine rings is 1. The van der Waals surface area contributed by atoms with Crippen LogP contribution in [0.5, 0.6) is 0 Å². The Kier molecular flexibility index (Phi) is 8.12. The van der Waals surface area contributed by atoms with E-state index in [0.717, 1.165) is 49.5 Å². The van der Waals surface area contributed by atoms with Crippen molar-refractivity contribution in [1.82, 2.24) is 10.3 Å². The number of fused-ring (bicyclic) bond motifs is 2. The van der Waals surface area contributed by atoms with E-state index in [1.54, 1.807) is 0 Å². The second-order valence-electron chi connectivity index (χ2n) is 9.15. The van der Waals surface area contributed by atoms with Crippen LogP contribution in [0.4, 0.5) is 5.69 Å². The van der Waals surface area contributed by atoms with E-state index in [9.17, 15) is 4.79 Å². The zero-order chi connectivity index (χ0) is 21.5. The monoisotopic (exact) mass is 439 g/mol. The molecule has 0 saturated carbocycles. The molecule has 1 aliphatic heterocycles. The first kappa shape index (κ1) is 22.4. The molecule has 4 nitrogen and oxygen atoms in total. The SMILES string of the molecule is Cc1ccc2c(NCCCNC(=O)CCCCC3CCCS3)c3c(nc2c1)CCCC3. The lowest BCUT2D eigenvalue weighted by atomic mass is 9.92. The Morgan fingerprint density at radius 2 is 2.03 bits per heavy atom. The molecule has 1 aromatic heterocycles. The third-order valence-corrected chi connectivity index (χ3v) is 8.07. The van der Waals surface area contributed by atoms with E-state index in [4.69, 9.17) is 4.98 Å². The van der Waals surface area contributed by atoms with Crippen LogP contribution in [0.1, 0.15) is 74.6 Å². The van der Waals surface area contributed by atoms with Gasteiger partial charge in [0.1, 0.15) is 0 Å². The molecule has 1 saturated heterocycles. The Labute approximate surface area is 191 Å². The van der Waals surface area contributed by atoms with Gasteiger partial charge in [-0.2, -0.15) is 11.8 Å². The summed E-state index contributed by atoms with van der Waals surface area (Å²) in [6.45, 7) is 3.75. The first-order chi connectivity index (χ1) is 15.2. The predicted octanol–water partition coefficient (Wildman–Crippen LogP) is 5.80. The van der Waals surface area contributed by atoms with Crippen LogP contribution in [0.3, 0.4) is 0 Å². The molecule has 2 N–H and O–H groups in total. The Balaban J connectivity index is 1.22. The van der Waals surface area contributed by atoms with Crippen molar-refractivity contribution in [2.45, 2.75) is 82.8 Å². The molecule has 2 aliphatic rings. The molecule has 0 bridgehead atoms. The van der Waals surface area contributed by atoms with Crippen molar-refractivity contribution in [2.24, 2.45) is 0 Å². The maximum Gasteiger partial charge on any atom is 0.219 e. The maximum absolute atomic E-state index is 12.1. The van der Waals surface area contributed by atoms with Crippen molar-refractivity contribution < 1.29 is 4.79 Å². The summed E-state index contributed by atoms with van der Waals surface area (Å²) in [6.07, 6.45) is 12.5. The molecule has 1 aromatic carbocycles. The largest absolute Gasteiger partial charge is 0.384 e. The van der Waals surface area contributed by atoms with Gasteiger partial charge in [0.25, 0.3) is 0 Å². The lowest BCUT2D eigenvalue weighted by molar-refractivity contribution is -0.121. The molecule has 2 heterocycles. The van der Waals surface area contributed by atoms with Crippen molar-refractivity contribution in [3.63, 3.8) is 0 Å². The third kappa shape index (κ3) is 6.15. The molecule has 2 aromatic rings. The number of hydrogen-bond acceptors (Lipinski definition) is 4. The quantitative estimate of drug-likeness (QED) is 0.460. The number of aryl methyl sites for hydroxylation is 2. The zero-order valence-corrected chi connectivity index (χ0v) is 19.8. The van der Waals surface area contributed by atoms with Gasteiger partial charge in [-0.05, 0) is 87.7 Å². The van der Waals surface area contributed by atoms with Crippen molar-refractivity contribution in [3.05, 3.63) is 35.0 Å². The highest BCUT2D eigenvalue weighted by Gasteiger charge is 2.18. The Morgan fingerprint density at radius 1 is 1.13 bits per heavy atom. The Bertz CT molecular complexity index is 892. The number of unbranched alkanes of at least 4 members (excludes halogenated alkanes) is 1. The summed E-state index contributed by atoms with van der Waals surface area (Å²) in [6, 6.07) is 6.58. The Hall–Kier alpha value is -1.75. The molecule has 31 heavy (non-hydrogen) atoms. The number of anilines is 1. The molecule has 0 radical (unpaired) electrons. The zero-order valence-electron chi connectivity index (χ0n) is 19.0. The molecule has 1 unspecified atom stereocenters. The highest BCUT2D eigenvalue weighted by molar-refractivity contribution is 8.00. The van der Waals surface area contributed by atoms with Gasteiger partial charge >= 0.3 is 0 Å². The average Bonchev–Trinajstić information content (AvgIpc) is 3.29. The van der Waals surface area contributed by atoms with E-state index in [2.05, 4.69) is 47.5 Å². The van der Waals surface area contributed by atoms with Crippen LogP contribution in [-0.4, -0.2) is 35.0 Å². The highest BCUT2D eigenvalue weighted by Crippen LogP contribution is 2.33. The first-order valence-corrected chi connectivity index (χ1v) is 13.3. The second-order valence-corrected chi connectivity index (χ2v) is 10.6. The number of nitrogens with one attached hydrogen (secondary N) is 2. The van der Waals surface area contributed by atoms with Crippen LogP contribution in [0.25, 0.3) is 10.9 Å². The molecule has 0 spiro atoms. The van der Waals surface area contributed by atoms with E-state index < -0.39 is 0 Å². The molecular weight excluding hydrogens is 402 g/mol. The number of carbonyl (C=O) groups excluding carboxylic acids is 1. The van der Waals surface area contributed by atoms with Gasteiger partial charge < -0.3 is 10.6 Å². The minimum Gasteiger partial charge on any atom is -0.384 e. The average molecular weight is 440 g/mol. The summed E-state index contributed by atoms with van der Waals surface area (Å²) < 4.78 is 0. The number of nitrogens with zero attached hydrogens (tertiary/aromatic N) is 1. The first-order valence-electron chi connectivity index (χ1n) is 12.2. The summed E-state index contributed by atoms with van der Waals surface area (Å²) in [5, 5.41) is 8.89. The van der Waals surface area contributed by atoms with E-state index in [0.29, 0.717) is 6.42 Å². The van der Waals surface area contributed by atoms with E-state index in [-0.39, 0.29) is 5.91 Å². The summed E-state index contributed by atoms with van der Waals surface area (Å²) in [4.78, 5) is 17.1. The fourth-order valence-corrected chi connectivity index (χ4v) is 6.22. The number of amides is 1. The fourth-order valence-electron chi connectivity index (χ4n) is 4.89. The number of thioether (sulfide) groups is 1. The van der Waals surface area contributed by atoms with Gasteiger partial charge in [-0.3, -0.25) is 9.78 Å². The molecule has 4 rings (SSSR count). The summed E-state index contributed by atoms with van der Waals surface area (Å²) in [7, 11) is 0. The van der Waals surface area contributed by atoms with E-state index in [1.807, 2.05) is 0 Å². The lowest BCUT2D eigenvalue weighted by Crippen LogP contribution is -2.25. The molecule has 168 valence electrons. The van der Waals surface area contributed by atoms with Crippen LogP contribution in [0.2, 0.25) is 0 Å². The van der Waals surface area contributed by atoms with Crippen LogP contribution in [0.15, 0.2) is 18.2 Å². The summed E-state index contributed by atoms with van der Waals surface area (Å²) in [5.74, 6) is 1.54. The van der Waals surface area contributed by atoms with E-state index >= 15 is 0 Å². The standard InChI is InChI=1S/C26H37N3OS/c1-19-13-14-22-24(18-19)29-23-11-4-3-10-21(23)26(22)28-16-7-15-27-25(30)12-5-2-8-20-9-6-17-31-20/h13-14,18,20H,2-12,15-17H2,1H3,(H,27,30)(H,28,29). The second kappa shape index (κ2) is 11.2. The molecule has 1 amide bonds. The number of rotatable bonds is 10. The minimum atomic E-state index is 0.210. The minimum absolute atomic E-state index is 0.210. The van der Waals surface area contributed by atoms with Crippen LogP contribution in [-0.2, 0) is 17.6 Å². The van der Waals surface area contributed by atoms with Crippen molar-refractivity contribution in [1.29, 1.82) is 0 Å². The van der Waals surface area contributed by atoms with Gasteiger partial charge in [-0.15, -0.1) is 0 Å². The van der Waals surface area contributed by atoms with Crippen LogP contribution >= 0.6 is 11.8 Å². The normalized spacial score (nSPS) is 18.2. The van der Waals surface area contributed by atoms with Crippen LogP contribution < -0.4 is 10.6 Å². The van der Waals surface area contributed by atoms with E-state index in [1.165, 1.54) is 72.2 Å². The van der Waals surface area contributed by atoms with Crippen LogP contribution in [0, 0.1) is 6.92 Å². The topological polar surface area (TPSA) is 54.0 Å². The smallest absolute Gasteiger partial charge is 0.219 e. The number of aromatic nitrogens is 1. The fraction of sp³-hybridized carbons (Fsp3) is 0.615. The van der Waals surface area contributed by atoms with Gasteiger partial charge in [0.2, 0.25) is 5.91 Å². The number of benzene rings is 1.